The quantitative estimate of drug-likeness (QED) is 0.919. The number of benzene rings is 1. The minimum atomic E-state index is -1.27. The van der Waals surface area contributed by atoms with Crippen molar-refractivity contribution in [2.45, 2.75) is 38.6 Å². The van der Waals surface area contributed by atoms with Crippen LogP contribution in [0.1, 0.15) is 48.1 Å². The minimum Gasteiger partial charge on any atom is -0.477 e. The molecule has 2 aromatic rings. The van der Waals surface area contributed by atoms with Crippen molar-refractivity contribution in [3.63, 3.8) is 0 Å². The molecule has 0 amide bonds. The number of hydrogen-bond acceptors (Lipinski definition) is 3. The molecule has 1 aromatic carbocycles. The Morgan fingerprint density at radius 1 is 1.29 bits per heavy atom. The number of carboxylic acid groups (broad SMARTS) is 1. The first kappa shape index (κ1) is 15.2. The van der Waals surface area contributed by atoms with E-state index < -0.39 is 17.2 Å². The molecule has 0 radical (unpaired) electrons. The lowest BCUT2D eigenvalue weighted by atomic mass is 10.0. The van der Waals surface area contributed by atoms with Crippen molar-refractivity contribution in [1.82, 2.24) is 4.57 Å². The van der Waals surface area contributed by atoms with Crippen LogP contribution in [-0.2, 0) is 6.42 Å². The molecule has 0 spiro atoms. The third-order valence-electron chi connectivity index (χ3n) is 5.22. The molecular formula is C18H19FN2O3. The van der Waals surface area contributed by atoms with Crippen LogP contribution in [0.3, 0.4) is 0 Å². The molecule has 0 bridgehead atoms. The second-order valence-electron chi connectivity index (χ2n) is 6.77. The zero-order valence-electron chi connectivity index (χ0n) is 13.5. The fourth-order valence-electron chi connectivity index (χ4n) is 4.10. The van der Waals surface area contributed by atoms with E-state index in [9.17, 15) is 19.1 Å². The van der Waals surface area contributed by atoms with Crippen molar-refractivity contribution in [2.75, 3.05) is 18.0 Å². The maximum absolute atomic E-state index is 14.9. The minimum absolute atomic E-state index is 0.00606. The molecule has 4 rings (SSSR count). The number of carbonyl (C=O) groups is 1. The largest absolute Gasteiger partial charge is 0.477 e. The number of anilines is 1. The molecule has 2 aliphatic rings. The fraction of sp³-hybridized carbons (Fsp3) is 0.444. The van der Waals surface area contributed by atoms with Gasteiger partial charge in [0.05, 0.1) is 11.2 Å². The lowest BCUT2D eigenvalue weighted by Crippen LogP contribution is -2.31. The Morgan fingerprint density at radius 3 is 2.67 bits per heavy atom. The summed E-state index contributed by atoms with van der Waals surface area (Å²) in [7, 11) is 0. The molecule has 0 saturated carbocycles. The molecule has 126 valence electrons. The number of piperidine rings is 1. The Labute approximate surface area is 138 Å². The Balaban J connectivity index is 2.03. The van der Waals surface area contributed by atoms with Crippen molar-refractivity contribution < 1.29 is 14.3 Å². The molecule has 1 atom stereocenters. The fourth-order valence-corrected chi connectivity index (χ4v) is 4.10. The van der Waals surface area contributed by atoms with Crippen LogP contribution in [0.2, 0.25) is 0 Å². The Kier molecular flexibility index (Phi) is 3.37. The number of pyridine rings is 1. The molecule has 0 aliphatic carbocycles. The number of aromatic nitrogens is 1. The maximum Gasteiger partial charge on any atom is 0.341 e. The van der Waals surface area contributed by atoms with Gasteiger partial charge in [0.1, 0.15) is 11.4 Å². The highest BCUT2D eigenvalue weighted by atomic mass is 19.1. The molecule has 24 heavy (non-hydrogen) atoms. The molecule has 1 unspecified atom stereocenters. The number of aromatic carboxylic acids is 1. The molecule has 2 aliphatic heterocycles. The Morgan fingerprint density at radius 2 is 2.00 bits per heavy atom. The predicted molar refractivity (Wildman–Crippen MR) is 89.6 cm³/mol. The van der Waals surface area contributed by atoms with Crippen LogP contribution in [0, 0.1) is 5.82 Å². The normalized spacial score (nSPS) is 19.9. The molecule has 6 heteroatoms. The average Bonchev–Trinajstić information content (AvgIpc) is 2.87. The van der Waals surface area contributed by atoms with Crippen molar-refractivity contribution in [3.8, 4) is 0 Å². The lowest BCUT2D eigenvalue weighted by molar-refractivity contribution is 0.0694. The van der Waals surface area contributed by atoms with E-state index in [1.54, 1.807) is 0 Å². The van der Waals surface area contributed by atoms with E-state index in [1.807, 2.05) is 11.5 Å². The van der Waals surface area contributed by atoms with Crippen LogP contribution in [-0.4, -0.2) is 28.7 Å². The number of rotatable bonds is 2. The molecule has 1 aromatic heterocycles. The third-order valence-corrected chi connectivity index (χ3v) is 5.22. The van der Waals surface area contributed by atoms with Crippen LogP contribution < -0.4 is 10.3 Å². The highest BCUT2D eigenvalue weighted by Crippen LogP contribution is 2.40. The Hall–Kier alpha value is -2.37. The van der Waals surface area contributed by atoms with Crippen LogP contribution in [0.25, 0.3) is 10.9 Å². The molecule has 1 saturated heterocycles. The third kappa shape index (κ3) is 2.05. The van der Waals surface area contributed by atoms with Gasteiger partial charge in [-0.25, -0.2) is 9.18 Å². The summed E-state index contributed by atoms with van der Waals surface area (Å²) >= 11 is 0. The van der Waals surface area contributed by atoms with E-state index in [1.165, 1.54) is 12.3 Å². The van der Waals surface area contributed by atoms with Gasteiger partial charge in [-0.15, -0.1) is 0 Å². The van der Waals surface area contributed by atoms with E-state index in [4.69, 9.17) is 0 Å². The molecular weight excluding hydrogens is 311 g/mol. The lowest BCUT2D eigenvalue weighted by Gasteiger charge is -2.30. The SMILES string of the molecule is CC1Cc2c(N3CCCCC3)c(F)cc3c(=O)c(C(=O)O)cn1c23. The van der Waals surface area contributed by atoms with Gasteiger partial charge in [0.2, 0.25) is 5.43 Å². The predicted octanol–water partition coefficient (Wildman–Crippen LogP) is 2.95. The van der Waals surface area contributed by atoms with Crippen molar-refractivity contribution >= 4 is 22.6 Å². The summed E-state index contributed by atoms with van der Waals surface area (Å²) in [6, 6.07) is 1.23. The van der Waals surface area contributed by atoms with E-state index >= 15 is 0 Å². The summed E-state index contributed by atoms with van der Waals surface area (Å²) in [6.07, 6.45) is 5.26. The van der Waals surface area contributed by atoms with Crippen LogP contribution >= 0.6 is 0 Å². The molecule has 3 heterocycles. The van der Waals surface area contributed by atoms with Crippen molar-refractivity contribution in [3.05, 3.63) is 39.4 Å². The van der Waals surface area contributed by atoms with E-state index in [-0.39, 0.29) is 17.0 Å². The van der Waals surface area contributed by atoms with Gasteiger partial charge in [-0.3, -0.25) is 4.79 Å². The average molecular weight is 330 g/mol. The first-order valence-electron chi connectivity index (χ1n) is 8.37. The number of hydrogen-bond donors (Lipinski definition) is 1. The van der Waals surface area contributed by atoms with Gasteiger partial charge in [-0.1, -0.05) is 0 Å². The van der Waals surface area contributed by atoms with Gasteiger partial charge in [-0.2, -0.15) is 0 Å². The first-order valence-corrected chi connectivity index (χ1v) is 8.37. The zero-order chi connectivity index (χ0) is 17.0. The van der Waals surface area contributed by atoms with Crippen molar-refractivity contribution in [2.24, 2.45) is 0 Å². The maximum atomic E-state index is 14.9. The monoisotopic (exact) mass is 330 g/mol. The smallest absolute Gasteiger partial charge is 0.341 e. The van der Waals surface area contributed by atoms with Gasteiger partial charge in [0.25, 0.3) is 0 Å². The van der Waals surface area contributed by atoms with Crippen LogP contribution in [0.15, 0.2) is 17.1 Å². The van der Waals surface area contributed by atoms with Gasteiger partial charge in [0, 0.05) is 36.3 Å². The summed E-state index contributed by atoms with van der Waals surface area (Å²) in [6.45, 7) is 3.61. The van der Waals surface area contributed by atoms with E-state index in [0.29, 0.717) is 17.6 Å². The summed E-state index contributed by atoms with van der Waals surface area (Å²) in [5.74, 6) is -1.69. The highest BCUT2D eigenvalue weighted by Gasteiger charge is 2.30. The summed E-state index contributed by atoms with van der Waals surface area (Å²) in [5, 5.41) is 9.43. The van der Waals surface area contributed by atoms with Gasteiger partial charge >= 0.3 is 5.97 Å². The van der Waals surface area contributed by atoms with Crippen LogP contribution in [0.4, 0.5) is 10.1 Å². The van der Waals surface area contributed by atoms with Crippen molar-refractivity contribution in [1.29, 1.82) is 0 Å². The summed E-state index contributed by atoms with van der Waals surface area (Å²) in [4.78, 5) is 25.9. The van der Waals surface area contributed by atoms with E-state index in [0.717, 1.165) is 37.9 Å². The number of nitrogens with zero attached hydrogens (tertiary/aromatic N) is 2. The topological polar surface area (TPSA) is 62.5 Å². The number of halogens is 1. The van der Waals surface area contributed by atoms with E-state index in [2.05, 4.69) is 4.90 Å². The molecule has 5 nitrogen and oxygen atoms in total. The van der Waals surface area contributed by atoms with Gasteiger partial charge in [-0.05, 0) is 38.7 Å². The Bertz CT molecular complexity index is 913. The van der Waals surface area contributed by atoms with Crippen LogP contribution in [0.5, 0.6) is 0 Å². The second kappa shape index (κ2) is 5.33. The second-order valence-corrected chi connectivity index (χ2v) is 6.77. The first-order chi connectivity index (χ1) is 11.5. The summed E-state index contributed by atoms with van der Waals surface area (Å²) in [5.41, 5.74) is 1.23. The molecule has 1 fully saturated rings. The number of carboxylic acids is 1. The highest BCUT2D eigenvalue weighted by molar-refractivity contribution is 5.96. The van der Waals surface area contributed by atoms with Gasteiger partial charge in [0.15, 0.2) is 0 Å². The standard InChI is InChI=1S/C18H19FN2O3/c1-10-7-11-15-12(17(22)13(18(23)24)9-21(10)15)8-14(19)16(11)20-5-3-2-4-6-20/h8-10H,2-7H2,1H3,(H,23,24). The van der Waals surface area contributed by atoms with Gasteiger partial charge < -0.3 is 14.6 Å². The molecule has 1 N–H and O–H groups in total. The summed E-state index contributed by atoms with van der Waals surface area (Å²) < 4.78 is 16.7. The zero-order valence-corrected chi connectivity index (χ0v) is 13.5.